The Morgan fingerprint density at radius 1 is 1.07 bits per heavy atom. The minimum atomic E-state index is -0.250. The Kier molecular flexibility index (Phi) is 4.56. The van der Waals surface area contributed by atoms with E-state index >= 15 is 0 Å². The Hall–Kier alpha value is -1.84. The number of benzene rings is 1. The van der Waals surface area contributed by atoms with E-state index in [2.05, 4.69) is 19.9 Å². The lowest BCUT2D eigenvalue weighted by Gasteiger charge is -2.50. The molecular formula is C23H30O4. The van der Waals surface area contributed by atoms with Gasteiger partial charge in [0.05, 0.1) is 0 Å². The first-order valence-corrected chi connectivity index (χ1v) is 10.3. The zero-order valence-corrected chi connectivity index (χ0v) is 16.8. The van der Waals surface area contributed by atoms with Crippen LogP contribution in [0.1, 0.15) is 75.5 Å². The number of hydrogen-bond acceptors (Lipinski definition) is 4. The number of fused-ring (bicyclic) bond motifs is 5. The van der Waals surface area contributed by atoms with Gasteiger partial charge in [-0.3, -0.25) is 9.59 Å². The van der Waals surface area contributed by atoms with Crippen molar-refractivity contribution in [3.8, 4) is 5.75 Å². The minimum absolute atomic E-state index is 0.0489. The van der Waals surface area contributed by atoms with E-state index in [1.807, 2.05) is 6.07 Å². The molecule has 3 aliphatic rings. The van der Waals surface area contributed by atoms with Crippen LogP contribution in [0.2, 0.25) is 0 Å². The Balaban J connectivity index is 1.69. The SMILES string of the molecule is CC(=O)Oc1ccc(C)c2c1[C@H]1CC[C@]3(C)[C@@H](OC(C)=O)CC[C@H]3[C@@H]1CC2. The van der Waals surface area contributed by atoms with E-state index in [9.17, 15) is 9.59 Å². The topological polar surface area (TPSA) is 52.6 Å². The van der Waals surface area contributed by atoms with Gasteiger partial charge in [-0.05, 0) is 80.4 Å². The Morgan fingerprint density at radius 3 is 2.56 bits per heavy atom. The van der Waals surface area contributed by atoms with Crippen molar-refractivity contribution in [1.82, 2.24) is 0 Å². The lowest BCUT2D eigenvalue weighted by Crippen LogP contribution is -2.45. The van der Waals surface area contributed by atoms with Gasteiger partial charge in [0.25, 0.3) is 0 Å². The summed E-state index contributed by atoms with van der Waals surface area (Å²) in [4.78, 5) is 23.2. The van der Waals surface area contributed by atoms with Crippen LogP contribution in [0.15, 0.2) is 12.1 Å². The molecule has 0 aliphatic heterocycles. The van der Waals surface area contributed by atoms with Gasteiger partial charge in [-0.1, -0.05) is 13.0 Å². The summed E-state index contributed by atoms with van der Waals surface area (Å²) >= 11 is 0. The lowest BCUT2D eigenvalue weighted by atomic mass is 9.55. The Bertz CT molecular complexity index is 783. The maximum Gasteiger partial charge on any atom is 0.308 e. The van der Waals surface area contributed by atoms with Gasteiger partial charge in [-0.2, -0.15) is 0 Å². The lowest BCUT2D eigenvalue weighted by molar-refractivity contribution is -0.154. The summed E-state index contributed by atoms with van der Waals surface area (Å²) < 4.78 is 11.3. The van der Waals surface area contributed by atoms with Gasteiger partial charge in [-0.25, -0.2) is 0 Å². The van der Waals surface area contributed by atoms with E-state index in [1.165, 1.54) is 37.0 Å². The fraction of sp³-hybridized carbons (Fsp3) is 0.652. The summed E-state index contributed by atoms with van der Waals surface area (Å²) in [6, 6.07) is 4.05. The molecule has 4 heteroatoms. The van der Waals surface area contributed by atoms with Crippen LogP contribution in [0.25, 0.3) is 0 Å². The van der Waals surface area contributed by atoms with Crippen molar-refractivity contribution >= 4 is 11.9 Å². The summed E-state index contributed by atoms with van der Waals surface area (Å²) in [5.41, 5.74) is 4.04. The van der Waals surface area contributed by atoms with E-state index in [4.69, 9.17) is 9.47 Å². The molecule has 146 valence electrons. The summed E-state index contributed by atoms with van der Waals surface area (Å²) in [7, 11) is 0. The Morgan fingerprint density at radius 2 is 1.85 bits per heavy atom. The molecule has 0 radical (unpaired) electrons. The third-order valence-electron chi connectivity index (χ3n) is 7.56. The van der Waals surface area contributed by atoms with Crippen molar-refractivity contribution in [2.24, 2.45) is 17.3 Å². The quantitative estimate of drug-likeness (QED) is 0.559. The van der Waals surface area contributed by atoms with Crippen LogP contribution in [-0.4, -0.2) is 18.0 Å². The molecule has 4 nitrogen and oxygen atoms in total. The maximum absolute atomic E-state index is 11.7. The number of ether oxygens (including phenoxy) is 2. The molecule has 0 amide bonds. The van der Waals surface area contributed by atoms with Crippen molar-refractivity contribution in [3.63, 3.8) is 0 Å². The van der Waals surface area contributed by atoms with Crippen molar-refractivity contribution in [3.05, 3.63) is 28.8 Å². The maximum atomic E-state index is 11.7. The summed E-state index contributed by atoms with van der Waals surface area (Å²) in [5.74, 6) is 1.94. The number of carbonyl (C=O) groups excluding carboxylic acids is 2. The van der Waals surface area contributed by atoms with Gasteiger partial charge >= 0.3 is 11.9 Å². The molecule has 0 bridgehead atoms. The molecule has 2 saturated carbocycles. The van der Waals surface area contributed by atoms with Crippen molar-refractivity contribution in [2.45, 2.75) is 78.2 Å². The zero-order valence-electron chi connectivity index (χ0n) is 16.8. The number of rotatable bonds is 2. The molecule has 27 heavy (non-hydrogen) atoms. The Labute approximate surface area is 161 Å². The molecule has 0 heterocycles. The predicted octanol–water partition coefficient (Wildman–Crippen LogP) is 4.71. The van der Waals surface area contributed by atoms with Crippen LogP contribution < -0.4 is 4.74 Å². The minimum Gasteiger partial charge on any atom is -0.462 e. The second-order valence-corrected chi connectivity index (χ2v) is 9.00. The average Bonchev–Trinajstić information content (AvgIpc) is 2.93. The van der Waals surface area contributed by atoms with Crippen molar-refractivity contribution < 1.29 is 19.1 Å². The average molecular weight is 370 g/mol. The number of hydrogen-bond donors (Lipinski definition) is 0. The first kappa shape index (κ1) is 18.5. The van der Waals surface area contributed by atoms with Crippen LogP contribution in [0, 0.1) is 24.2 Å². The molecule has 1 aromatic rings. The molecule has 1 aromatic carbocycles. The van der Waals surface area contributed by atoms with Crippen molar-refractivity contribution in [2.75, 3.05) is 0 Å². The molecule has 0 N–H and O–H groups in total. The number of carbonyl (C=O) groups is 2. The molecule has 2 fully saturated rings. The number of aryl methyl sites for hydroxylation is 1. The van der Waals surface area contributed by atoms with Crippen LogP contribution in [-0.2, 0) is 20.7 Å². The number of esters is 2. The normalized spacial score (nSPS) is 34.2. The van der Waals surface area contributed by atoms with E-state index in [1.54, 1.807) is 0 Å². The predicted molar refractivity (Wildman–Crippen MR) is 103 cm³/mol. The van der Waals surface area contributed by atoms with Gasteiger partial charge in [0, 0.05) is 24.8 Å². The largest absolute Gasteiger partial charge is 0.462 e. The summed E-state index contributed by atoms with van der Waals surface area (Å²) in [6.45, 7) is 7.49. The van der Waals surface area contributed by atoms with E-state index in [-0.39, 0.29) is 23.5 Å². The summed E-state index contributed by atoms with van der Waals surface area (Å²) in [6.07, 6.45) is 6.50. The molecule has 4 rings (SSSR count). The van der Waals surface area contributed by atoms with Gasteiger partial charge in [0.1, 0.15) is 11.9 Å². The summed E-state index contributed by atoms with van der Waals surface area (Å²) in [5, 5.41) is 0. The highest BCUT2D eigenvalue weighted by atomic mass is 16.5. The van der Waals surface area contributed by atoms with Gasteiger partial charge < -0.3 is 9.47 Å². The van der Waals surface area contributed by atoms with Gasteiger partial charge in [0.15, 0.2) is 0 Å². The molecule has 0 saturated heterocycles. The molecule has 0 spiro atoms. The molecule has 0 unspecified atom stereocenters. The van der Waals surface area contributed by atoms with Crippen molar-refractivity contribution in [1.29, 1.82) is 0 Å². The van der Waals surface area contributed by atoms with Gasteiger partial charge in [-0.15, -0.1) is 0 Å². The van der Waals surface area contributed by atoms with Crippen LogP contribution in [0.3, 0.4) is 0 Å². The fourth-order valence-corrected chi connectivity index (χ4v) is 6.44. The molecule has 0 aromatic heterocycles. The van der Waals surface area contributed by atoms with Gasteiger partial charge in [0.2, 0.25) is 0 Å². The first-order valence-electron chi connectivity index (χ1n) is 10.3. The monoisotopic (exact) mass is 370 g/mol. The van der Waals surface area contributed by atoms with Crippen LogP contribution >= 0.6 is 0 Å². The highest BCUT2D eigenvalue weighted by Crippen LogP contribution is 2.62. The van der Waals surface area contributed by atoms with Crippen LogP contribution in [0.5, 0.6) is 5.75 Å². The first-order chi connectivity index (χ1) is 12.8. The second-order valence-electron chi connectivity index (χ2n) is 9.00. The smallest absolute Gasteiger partial charge is 0.308 e. The van der Waals surface area contributed by atoms with E-state index in [0.29, 0.717) is 17.8 Å². The fourth-order valence-electron chi connectivity index (χ4n) is 6.44. The third kappa shape index (κ3) is 2.97. The second kappa shape index (κ2) is 6.65. The van der Waals surface area contributed by atoms with E-state index in [0.717, 1.165) is 37.9 Å². The zero-order chi connectivity index (χ0) is 19.3. The highest BCUT2D eigenvalue weighted by Gasteiger charge is 2.56. The standard InChI is InChI=1S/C23H30O4/c1-13-5-9-20(26-14(2)24)22-16(13)6-7-17-18(22)11-12-23(4)19(17)8-10-21(23)27-15(3)25/h5,9,17-19,21H,6-8,10-12H2,1-4H3/t17-,18+,19+,21+,23+/m1/s1. The molecular weight excluding hydrogens is 340 g/mol. The highest BCUT2D eigenvalue weighted by molar-refractivity contribution is 5.70. The van der Waals surface area contributed by atoms with E-state index < -0.39 is 0 Å². The molecule has 3 aliphatic carbocycles. The molecule has 5 atom stereocenters. The third-order valence-corrected chi connectivity index (χ3v) is 7.56. The van der Waals surface area contributed by atoms with Crippen LogP contribution in [0.4, 0.5) is 0 Å².